The summed E-state index contributed by atoms with van der Waals surface area (Å²) in [5.74, 6) is 1.03. The first-order chi connectivity index (χ1) is 9.20. The Balaban J connectivity index is 2.36. The van der Waals surface area contributed by atoms with E-state index in [0.29, 0.717) is 0 Å². The number of imidazole rings is 1. The molecule has 0 spiro atoms. The predicted molar refractivity (Wildman–Crippen MR) is 76.6 cm³/mol. The Morgan fingerprint density at radius 3 is 2.79 bits per heavy atom. The smallest absolute Gasteiger partial charge is 0.164 e. The number of pyridine rings is 1. The van der Waals surface area contributed by atoms with Crippen molar-refractivity contribution in [2.45, 2.75) is 27.2 Å². The van der Waals surface area contributed by atoms with Crippen molar-refractivity contribution < 1.29 is 0 Å². The van der Waals surface area contributed by atoms with Gasteiger partial charge in [-0.3, -0.25) is 4.57 Å². The van der Waals surface area contributed by atoms with Crippen LogP contribution in [-0.4, -0.2) is 14.5 Å². The fraction of sp³-hybridized carbons (Fsp3) is 0.250. The lowest BCUT2D eigenvalue weighted by molar-refractivity contribution is 0.899. The van der Waals surface area contributed by atoms with E-state index < -0.39 is 0 Å². The highest BCUT2D eigenvalue weighted by molar-refractivity contribution is 5.75. The van der Waals surface area contributed by atoms with E-state index >= 15 is 0 Å². The number of hydrogen-bond acceptors (Lipinski definition) is 2. The first-order valence-corrected chi connectivity index (χ1v) is 6.52. The molecule has 0 bridgehead atoms. The number of aryl methyl sites for hydroxylation is 3. The molecule has 2 aromatic heterocycles. The molecule has 0 saturated carbocycles. The zero-order chi connectivity index (χ0) is 13.4. The minimum absolute atomic E-state index is 0.878. The molecule has 3 heteroatoms. The predicted octanol–water partition coefficient (Wildman–Crippen LogP) is 3.40. The van der Waals surface area contributed by atoms with Crippen molar-refractivity contribution in [2.24, 2.45) is 0 Å². The van der Waals surface area contributed by atoms with Crippen molar-refractivity contribution in [1.29, 1.82) is 0 Å². The van der Waals surface area contributed by atoms with Gasteiger partial charge in [0.2, 0.25) is 0 Å². The quantitative estimate of drug-likeness (QED) is 0.698. The molecular weight excluding hydrogens is 234 g/mol. The number of benzene rings is 1. The molecule has 0 aliphatic heterocycles. The molecule has 0 amide bonds. The van der Waals surface area contributed by atoms with Crippen LogP contribution in [0.1, 0.15) is 24.0 Å². The molecular formula is C16H16N3. The second-order valence-electron chi connectivity index (χ2n) is 4.71. The molecule has 0 saturated heterocycles. The molecule has 19 heavy (non-hydrogen) atoms. The topological polar surface area (TPSA) is 30.7 Å². The molecule has 3 aromatic rings. The fourth-order valence-corrected chi connectivity index (χ4v) is 2.27. The average molecular weight is 250 g/mol. The van der Waals surface area contributed by atoms with Gasteiger partial charge in [0.05, 0.1) is 0 Å². The first kappa shape index (κ1) is 11.9. The van der Waals surface area contributed by atoms with Gasteiger partial charge in [-0.15, -0.1) is 0 Å². The van der Waals surface area contributed by atoms with Crippen molar-refractivity contribution in [3.05, 3.63) is 53.5 Å². The standard InChI is InChI=1S/C16H16N3/c1-4-15-18-14-10-11(2)12(3)17-16(14)19(15)13-8-6-5-7-9-13/h5-6,8-10H,4H2,1-3H3. The normalized spacial score (nSPS) is 11.1. The Labute approximate surface area is 112 Å². The number of nitrogens with zero attached hydrogens (tertiary/aromatic N) is 3. The molecule has 0 fully saturated rings. The third-order valence-electron chi connectivity index (χ3n) is 3.41. The summed E-state index contributed by atoms with van der Waals surface area (Å²) in [6, 6.07) is 13.1. The van der Waals surface area contributed by atoms with Crippen LogP contribution < -0.4 is 0 Å². The van der Waals surface area contributed by atoms with Gasteiger partial charge in [-0.1, -0.05) is 19.1 Å². The zero-order valence-electron chi connectivity index (χ0n) is 11.4. The van der Waals surface area contributed by atoms with Crippen molar-refractivity contribution in [1.82, 2.24) is 14.5 Å². The van der Waals surface area contributed by atoms with Crippen LogP contribution in [0, 0.1) is 19.9 Å². The highest BCUT2D eigenvalue weighted by Gasteiger charge is 2.13. The van der Waals surface area contributed by atoms with Gasteiger partial charge in [0.25, 0.3) is 0 Å². The molecule has 0 aliphatic rings. The molecule has 0 aliphatic carbocycles. The zero-order valence-corrected chi connectivity index (χ0v) is 11.4. The number of rotatable bonds is 2. The summed E-state index contributed by atoms with van der Waals surface area (Å²) >= 11 is 0. The number of hydrogen-bond donors (Lipinski definition) is 0. The molecule has 1 aromatic carbocycles. The molecule has 3 nitrogen and oxygen atoms in total. The molecule has 2 heterocycles. The van der Waals surface area contributed by atoms with E-state index in [-0.39, 0.29) is 0 Å². The summed E-state index contributed by atoms with van der Waals surface area (Å²) in [5, 5.41) is 0. The lowest BCUT2D eigenvalue weighted by Gasteiger charge is -2.07. The van der Waals surface area contributed by atoms with Gasteiger partial charge in [-0.2, -0.15) is 0 Å². The van der Waals surface area contributed by atoms with Gasteiger partial charge in [0.15, 0.2) is 5.65 Å². The van der Waals surface area contributed by atoms with Gasteiger partial charge in [0, 0.05) is 17.8 Å². The summed E-state index contributed by atoms with van der Waals surface area (Å²) in [5.41, 5.74) is 5.19. The van der Waals surface area contributed by atoms with Crippen molar-refractivity contribution >= 4 is 11.2 Å². The van der Waals surface area contributed by atoms with Gasteiger partial charge in [0.1, 0.15) is 11.3 Å². The lowest BCUT2D eigenvalue weighted by atomic mass is 10.2. The minimum atomic E-state index is 0.878. The van der Waals surface area contributed by atoms with E-state index in [4.69, 9.17) is 9.97 Å². The average Bonchev–Trinajstić information content (AvgIpc) is 2.78. The van der Waals surface area contributed by atoms with Gasteiger partial charge >= 0.3 is 0 Å². The molecule has 1 radical (unpaired) electrons. The minimum Gasteiger partial charge on any atom is -0.281 e. The van der Waals surface area contributed by atoms with Crippen molar-refractivity contribution in [2.75, 3.05) is 0 Å². The van der Waals surface area contributed by atoms with Crippen LogP contribution in [0.15, 0.2) is 30.3 Å². The number of aromatic nitrogens is 3. The summed E-state index contributed by atoms with van der Waals surface area (Å²) in [6.45, 7) is 6.22. The Bertz CT molecular complexity index is 727. The summed E-state index contributed by atoms with van der Waals surface area (Å²) < 4.78 is 2.12. The Kier molecular flexibility index (Phi) is 2.82. The Hall–Kier alpha value is -2.16. The maximum atomic E-state index is 4.71. The van der Waals surface area contributed by atoms with Crippen LogP contribution in [-0.2, 0) is 6.42 Å². The van der Waals surface area contributed by atoms with Crippen LogP contribution in [0.3, 0.4) is 0 Å². The lowest BCUT2D eigenvalue weighted by Crippen LogP contribution is -2.01. The molecule has 0 N–H and O–H groups in total. The fourth-order valence-electron chi connectivity index (χ4n) is 2.27. The molecule has 0 unspecified atom stereocenters. The molecule has 3 rings (SSSR count). The van der Waals surface area contributed by atoms with Gasteiger partial charge in [-0.05, 0) is 43.7 Å². The summed E-state index contributed by atoms with van der Waals surface area (Å²) in [6.07, 6.45) is 0.878. The van der Waals surface area contributed by atoms with Crippen LogP contribution >= 0.6 is 0 Å². The van der Waals surface area contributed by atoms with Crippen LogP contribution in [0.25, 0.3) is 16.9 Å². The van der Waals surface area contributed by atoms with Gasteiger partial charge in [-0.25, -0.2) is 9.97 Å². The summed E-state index contributed by atoms with van der Waals surface area (Å²) in [7, 11) is 0. The van der Waals surface area contributed by atoms with Crippen molar-refractivity contribution in [3.63, 3.8) is 0 Å². The van der Waals surface area contributed by atoms with E-state index in [1.807, 2.05) is 25.1 Å². The van der Waals surface area contributed by atoms with Crippen LogP contribution in [0.4, 0.5) is 0 Å². The van der Waals surface area contributed by atoms with Crippen LogP contribution in [0.5, 0.6) is 0 Å². The molecule has 0 atom stereocenters. The Morgan fingerprint density at radius 1 is 1.26 bits per heavy atom. The highest BCUT2D eigenvalue weighted by Crippen LogP contribution is 2.22. The number of fused-ring (bicyclic) bond motifs is 1. The largest absolute Gasteiger partial charge is 0.281 e. The van der Waals surface area contributed by atoms with E-state index in [9.17, 15) is 0 Å². The third kappa shape index (κ3) is 1.91. The van der Waals surface area contributed by atoms with E-state index in [2.05, 4.69) is 36.6 Å². The highest BCUT2D eigenvalue weighted by atomic mass is 15.1. The first-order valence-electron chi connectivity index (χ1n) is 6.52. The third-order valence-corrected chi connectivity index (χ3v) is 3.41. The maximum Gasteiger partial charge on any atom is 0.164 e. The van der Waals surface area contributed by atoms with Gasteiger partial charge < -0.3 is 0 Å². The Morgan fingerprint density at radius 2 is 2.11 bits per heavy atom. The van der Waals surface area contributed by atoms with E-state index in [1.165, 1.54) is 5.56 Å². The van der Waals surface area contributed by atoms with E-state index in [1.54, 1.807) is 0 Å². The van der Waals surface area contributed by atoms with Crippen molar-refractivity contribution in [3.8, 4) is 5.69 Å². The second-order valence-corrected chi connectivity index (χ2v) is 4.71. The monoisotopic (exact) mass is 250 g/mol. The maximum absolute atomic E-state index is 4.71. The van der Waals surface area contributed by atoms with Crippen LogP contribution in [0.2, 0.25) is 0 Å². The second kappa shape index (κ2) is 4.50. The summed E-state index contributed by atoms with van der Waals surface area (Å²) in [4.78, 5) is 9.40. The molecule has 95 valence electrons. The SMILES string of the molecule is CCc1nc2cc(C)c(C)nc2n1-c1c[c]ccc1. The van der Waals surface area contributed by atoms with E-state index in [0.717, 1.165) is 34.8 Å².